The number of nitrogens with zero attached hydrogens (tertiary/aromatic N) is 1. The van der Waals surface area contributed by atoms with E-state index in [9.17, 15) is 4.79 Å². The van der Waals surface area contributed by atoms with Crippen LogP contribution in [0.5, 0.6) is 0 Å². The first-order chi connectivity index (χ1) is 7.86. The zero-order valence-corrected chi connectivity index (χ0v) is 8.40. The van der Waals surface area contributed by atoms with E-state index in [-0.39, 0.29) is 5.56 Å². The summed E-state index contributed by atoms with van der Waals surface area (Å²) in [6, 6.07) is 7.77. The maximum Gasteiger partial charge on any atom is 0.258 e. The number of rotatable bonds is 1. The van der Waals surface area contributed by atoms with Gasteiger partial charge in [0.25, 0.3) is 5.56 Å². The molecule has 0 atom stereocenters. The molecule has 0 saturated carbocycles. The van der Waals surface area contributed by atoms with Crippen LogP contribution in [0.3, 0.4) is 0 Å². The third-order valence-electron chi connectivity index (χ3n) is 2.60. The van der Waals surface area contributed by atoms with Crippen LogP contribution in [0.4, 0.5) is 0 Å². The Kier molecular flexibility index (Phi) is 1.86. The Morgan fingerprint density at radius 2 is 2.00 bits per heavy atom. The highest BCUT2D eigenvalue weighted by atomic mass is 16.1. The van der Waals surface area contributed by atoms with Gasteiger partial charge in [-0.25, -0.2) is 4.98 Å². The molecule has 2 aromatic heterocycles. The molecule has 4 heteroatoms. The molecule has 0 aliphatic heterocycles. The van der Waals surface area contributed by atoms with E-state index in [2.05, 4.69) is 15.0 Å². The monoisotopic (exact) mass is 211 g/mol. The van der Waals surface area contributed by atoms with Crippen molar-refractivity contribution < 1.29 is 0 Å². The molecular weight excluding hydrogens is 202 g/mol. The molecule has 4 nitrogen and oxygen atoms in total. The quantitative estimate of drug-likeness (QED) is 0.646. The first-order valence-electron chi connectivity index (χ1n) is 4.95. The van der Waals surface area contributed by atoms with Crippen LogP contribution in [-0.2, 0) is 0 Å². The lowest BCUT2D eigenvalue weighted by Gasteiger charge is -2.01. The van der Waals surface area contributed by atoms with Gasteiger partial charge in [-0.2, -0.15) is 0 Å². The minimum Gasteiger partial charge on any atom is -0.361 e. The van der Waals surface area contributed by atoms with Crippen molar-refractivity contribution in [3.05, 3.63) is 53.3 Å². The van der Waals surface area contributed by atoms with Crippen molar-refractivity contribution in [3.63, 3.8) is 0 Å². The largest absolute Gasteiger partial charge is 0.361 e. The topological polar surface area (TPSA) is 61.5 Å². The minimum atomic E-state index is -0.122. The third kappa shape index (κ3) is 1.24. The first-order valence-corrected chi connectivity index (χ1v) is 4.95. The Morgan fingerprint density at radius 1 is 1.06 bits per heavy atom. The van der Waals surface area contributed by atoms with Gasteiger partial charge in [-0.3, -0.25) is 4.79 Å². The lowest BCUT2D eigenvalue weighted by atomic mass is 10.0. The number of fused-ring (bicyclic) bond motifs is 1. The number of aromatic nitrogens is 3. The molecule has 1 aromatic carbocycles. The number of H-pyrrole nitrogens is 2. The molecule has 0 fully saturated rings. The fourth-order valence-electron chi connectivity index (χ4n) is 1.86. The summed E-state index contributed by atoms with van der Waals surface area (Å²) in [5.74, 6) is 0. The summed E-state index contributed by atoms with van der Waals surface area (Å²) in [5.41, 5.74) is 2.38. The van der Waals surface area contributed by atoms with E-state index in [1.165, 1.54) is 6.33 Å². The van der Waals surface area contributed by atoms with E-state index in [0.717, 1.165) is 16.5 Å². The van der Waals surface area contributed by atoms with Crippen molar-refractivity contribution in [2.24, 2.45) is 0 Å². The van der Waals surface area contributed by atoms with Crippen LogP contribution >= 0.6 is 0 Å². The summed E-state index contributed by atoms with van der Waals surface area (Å²) in [7, 11) is 0. The van der Waals surface area contributed by atoms with Gasteiger partial charge in [0.05, 0.1) is 11.9 Å². The molecule has 0 spiro atoms. The lowest BCUT2D eigenvalue weighted by Crippen LogP contribution is -2.08. The second kappa shape index (κ2) is 3.34. The zero-order chi connectivity index (χ0) is 11.0. The van der Waals surface area contributed by atoms with Gasteiger partial charge >= 0.3 is 0 Å². The average molecular weight is 211 g/mol. The molecule has 2 heterocycles. The molecule has 0 saturated heterocycles. The number of nitrogens with one attached hydrogen (secondary N) is 2. The lowest BCUT2D eigenvalue weighted by molar-refractivity contribution is 1.12. The summed E-state index contributed by atoms with van der Waals surface area (Å²) in [5, 5.41) is 1.03. The molecule has 78 valence electrons. The molecule has 0 unspecified atom stereocenters. The molecule has 3 rings (SSSR count). The van der Waals surface area contributed by atoms with Gasteiger partial charge in [-0.1, -0.05) is 12.1 Å². The third-order valence-corrected chi connectivity index (χ3v) is 2.60. The second-order valence-corrected chi connectivity index (χ2v) is 3.54. The molecule has 16 heavy (non-hydrogen) atoms. The van der Waals surface area contributed by atoms with Crippen LogP contribution in [-0.4, -0.2) is 15.0 Å². The highest BCUT2D eigenvalue weighted by Gasteiger charge is 2.07. The fourth-order valence-corrected chi connectivity index (χ4v) is 1.86. The maximum atomic E-state index is 11.7. The van der Waals surface area contributed by atoms with Gasteiger partial charge in [-0.15, -0.1) is 0 Å². The molecule has 2 N–H and O–H groups in total. The predicted molar refractivity (Wildman–Crippen MR) is 62.2 cm³/mol. The molecule has 0 aliphatic rings. The van der Waals surface area contributed by atoms with Crippen molar-refractivity contribution in [2.45, 2.75) is 0 Å². The van der Waals surface area contributed by atoms with E-state index in [4.69, 9.17) is 0 Å². The number of benzene rings is 1. The van der Waals surface area contributed by atoms with E-state index < -0.39 is 0 Å². The zero-order valence-electron chi connectivity index (χ0n) is 8.40. The van der Waals surface area contributed by atoms with Gasteiger partial charge < -0.3 is 9.97 Å². The minimum absolute atomic E-state index is 0.122. The van der Waals surface area contributed by atoms with E-state index in [1.54, 1.807) is 6.20 Å². The van der Waals surface area contributed by atoms with Crippen LogP contribution in [0.2, 0.25) is 0 Å². The van der Waals surface area contributed by atoms with Crippen LogP contribution in [0.25, 0.3) is 22.0 Å². The van der Waals surface area contributed by atoms with Crippen LogP contribution in [0, 0.1) is 0 Å². The van der Waals surface area contributed by atoms with Crippen molar-refractivity contribution in [3.8, 4) is 11.1 Å². The van der Waals surface area contributed by atoms with Gasteiger partial charge in [0.15, 0.2) is 0 Å². The van der Waals surface area contributed by atoms with Crippen molar-refractivity contribution in [2.75, 3.05) is 0 Å². The van der Waals surface area contributed by atoms with Crippen molar-refractivity contribution in [1.29, 1.82) is 0 Å². The highest BCUT2D eigenvalue weighted by molar-refractivity contribution is 5.94. The van der Waals surface area contributed by atoms with E-state index in [0.29, 0.717) is 5.56 Å². The van der Waals surface area contributed by atoms with E-state index >= 15 is 0 Å². The Bertz CT molecular complexity index is 696. The summed E-state index contributed by atoms with van der Waals surface area (Å²) >= 11 is 0. The van der Waals surface area contributed by atoms with Gasteiger partial charge in [0.2, 0.25) is 0 Å². The summed E-state index contributed by atoms with van der Waals surface area (Å²) in [6.45, 7) is 0. The SMILES string of the molecule is O=c1[nH]cncc1-c1cccc2[nH]ccc12. The van der Waals surface area contributed by atoms with Crippen molar-refractivity contribution in [1.82, 2.24) is 15.0 Å². The molecule has 0 bridgehead atoms. The summed E-state index contributed by atoms with van der Waals surface area (Å²) in [6.07, 6.45) is 4.84. The average Bonchev–Trinajstić information content (AvgIpc) is 2.77. The Labute approximate surface area is 91.0 Å². The smallest absolute Gasteiger partial charge is 0.258 e. The fraction of sp³-hybridized carbons (Fsp3) is 0. The standard InChI is InChI=1S/C12H9N3O/c16-12-10(6-13-7-15-12)8-2-1-3-11-9(8)4-5-14-11/h1-7,14H,(H,13,15,16). The van der Waals surface area contributed by atoms with Gasteiger partial charge in [0, 0.05) is 23.3 Å². The first kappa shape index (κ1) is 8.91. The number of hydrogen-bond donors (Lipinski definition) is 2. The molecule has 0 radical (unpaired) electrons. The Hall–Kier alpha value is -2.36. The highest BCUT2D eigenvalue weighted by Crippen LogP contribution is 2.24. The van der Waals surface area contributed by atoms with E-state index in [1.807, 2.05) is 30.5 Å². The second-order valence-electron chi connectivity index (χ2n) is 3.54. The number of aromatic amines is 2. The Morgan fingerprint density at radius 3 is 2.88 bits per heavy atom. The number of hydrogen-bond acceptors (Lipinski definition) is 2. The molecule has 3 aromatic rings. The van der Waals surface area contributed by atoms with Crippen LogP contribution in [0.1, 0.15) is 0 Å². The molecular formula is C12H9N3O. The summed E-state index contributed by atoms with van der Waals surface area (Å²) in [4.78, 5) is 21.3. The van der Waals surface area contributed by atoms with Gasteiger partial charge in [0.1, 0.15) is 0 Å². The predicted octanol–water partition coefficient (Wildman–Crippen LogP) is 1.92. The molecule has 0 aliphatic carbocycles. The maximum absolute atomic E-state index is 11.7. The summed E-state index contributed by atoms with van der Waals surface area (Å²) < 4.78 is 0. The Balaban J connectivity index is 2.39. The van der Waals surface area contributed by atoms with Crippen molar-refractivity contribution >= 4 is 10.9 Å². The van der Waals surface area contributed by atoms with Gasteiger partial charge in [-0.05, 0) is 17.7 Å². The van der Waals surface area contributed by atoms with Crippen LogP contribution < -0.4 is 5.56 Å². The molecule has 0 amide bonds. The normalized spacial score (nSPS) is 10.8. The van der Waals surface area contributed by atoms with Crippen LogP contribution in [0.15, 0.2) is 47.8 Å².